The van der Waals surface area contributed by atoms with Crippen LogP contribution in [-0.2, 0) is 4.79 Å². The van der Waals surface area contributed by atoms with Crippen molar-refractivity contribution in [2.75, 3.05) is 7.05 Å². The van der Waals surface area contributed by atoms with E-state index in [0.29, 0.717) is 0 Å². The van der Waals surface area contributed by atoms with E-state index in [1.165, 1.54) is 0 Å². The van der Waals surface area contributed by atoms with Gasteiger partial charge in [0.15, 0.2) is 0 Å². The molecule has 0 aromatic carbocycles. The quantitative estimate of drug-likeness (QED) is 0.637. The average Bonchev–Trinajstić information content (AvgIpc) is 2.49. The van der Waals surface area contributed by atoms with Gasteiger partial charge in [0.2, 0.25) is 0 Å². The van der Waals surface area contributed by atoms with E-state index in [2.05, 4.69) is 4.98 Å². The fourth-order valence-corrected chi connectivity index (χ4v) is 1.53. The van der Waals surface area contributed by atoms with Gasteiger partial charge in [-0.1, -0.05) is 0 Å². The molecule has 2 atom stereocenters. The molecular weight excluding hydrogens is 164 g/mol. The molecule has 1 aromatic rings. The molecule has 2 unspecified atom stereocenters. The summed E-state index contributed by atoms with van der Waals surface area (Å²) in [5.41, 5.74) is 1.09. The molecule has 1 aliphatic rings. The maximum Gasteiger partial charge on any atom is 0.337 e. The lowest BCUT2D eigenvalue weighted by molar-refractivity contribution is -0.818. The Kier molecular flexibility index (Phi) is 1.94. The van der Waals surface area contributed by atoms with Gasteiger partial charge in [-0.2, -0.15) is 0 Å². The molecule has 2 rings (SSSR count). The summed E-state index contributed by atoms with van der Waals surface area (Å²) >= 11 is 0. The molecule has 1 aromatic heterocycles. The number of nitrogens with zero attached hydrogens (tertiary/aromatic N) is 1. The van der Waals surface area contributed by atoms with Crippen molar-refractivity contribution in [2.24, 2.45) is 0 Å². The fraction of sp³-hybridized carbons (Fsp3) is 0.200. The van der Waals surface area contributed by atoms with E-state index in [1.54, 1.807) is 18.5 Å². The first-order valence-corrected chi connectivity index (χ1v) is 4.25. The van der Waals surface area contributed by atoms with Crippen molar-refractivity contribution in [1.29, 1.82) is 0 Å². The van der Waals surface area contributed by atoms with E-state index < -0.39 is 0 Å². The standard InChI is InChI=1S/C10H10N2O/c1-12-9(4-5-10(12)13)8-3-2-6-11-7-8/h2-7,9H,1H3/p+1. The van der Waals surface area contributed by atoms with E-state index in [1.807, 2.05) is 25.3 Å². The molecule has 0 saturated heterocycles. The lowest BCUT2D eigenvalue weighted by Crippen LogP contribution is -3.10. The molecule has 0 fully saturated rings. The van der Waals surface area contributed by atoms with Crippen LogP contribution in [0.3, 0.4) is 0 Å². The Hall–Kier alpha value is -1.48. The highest BCUT2D eigenvalue weighted by Gasteiger charge is 2.28. The zero-order valence-electron chi connectivity index (χ0n) is 7.40. The minimum atomic E-state index is 0.133. The Morgan fingerprint density at radius 2 is 2.38 bits per heavy atom. The van der Waals surface area contributed by atoms with Crippen LogP contribution in [0.4, 0.5) is 0 Å². The molecule has 0 bridgehead atoms. The Bertz CT molecular complexity index is 345. The van der Waals surface area contributed by atoms with Crippen LogP contribution in [0.15, 0.2) is 36.7 Å². The zero-order valence-corrected chi connectivity index (χ0v) is 7.40. The van der Waals surface area contributed by atoms with Crippen molar-refractivity contribution in [2.45, 2.75) is 6.04 Å². The number of amides is 1. The van der Waals surface area contributed by atoms with Gasteiger partial charge in [-0.25, -0.2) is 4.79 Å². The molecule has 0 aliphatic carbocycles. The maximum atomic E-state index is 11.2. The molecule has 0 spiro atoms. The van der Waals surface area contributed by atoms with Gasteiger partial charge in [-0.3, -0.25) is 9.88 Å². The summed E-state index contributed by atoms with van der Waals surface area (Å²) in [6.45, 7) is 0. The number of quaternary nitrogens is 1. The van der Waals surface area contributed by atoms with Crippen molar-refractivity contribution in [3.63, 3.8) is 0 Å². The van der Waals surface area contributed by atoms with Crippen molar-refractivity contribution in [1.82, 2.24) is 4.98 Å². The molecule has 3 heteroatoms. The van der Waals surface area contributed by atoms with Gasteiger partial charge in [-0.05, 0) is 18.2 Å². The van der Waals surface area contributed by atoms with E-state index in [0.717, 1.165) is 10.5 Å². The number of carbonyl (C=O) groups excluding carboxylic acids is 1. The minimum Gasteiger partial charge on any atom is -0.264 e. The highest BCUT2D eigenvalue weighted by atomic mass is 16.2. The van der Waals surface area contributed by atoms with Gasteiger partial charge in [0.1, 0.15) is 6.04 Å². The summed E-state index contributed by atoms with van der Waals surface area (Å²) in [6, 6.07) is 4.02. The zero-order chi connectivity index (χ0) is 9.26. The van der Waals surface area contributed by atoms with Gasteiger partial charge in [-0.15, -0.1) is 0 Å². The summed E-state index contributed by atoms with van der Waals surface area (Å²) in [4.78, 5) is 16.1. The Labute approximate surface area is 76.7 Å². The number of hydrogen-bond acceptors (Lipinski definition) is 2. The number of carbonyl (C=O) groups is 1. The molecule has 0 saturated carbocycles. The second-order valence-electron chi connectivity index (χ2n) is 3.17. The molecule has 0 radical (unpaired) electrons. The highest BCUT2D eigenvalue weighted by Crippen LogP contribution is 2.11. The largest absolute Gasteiger partial charge is 0.337 e. The molecule has 66 valence electrons. The van der Waals surface area contributed by atoms with Crippen LogP contribution < -0.4 is 4.90 Å². The number of aromatic nitrogens is 1. The summed E-state index contributed by atoms with van der Waals surface area (Å²) in [5, 5.41) is 0. The second-order valence-corrected chi connectivity index (χ2v) is 3.17. The van der Waals surface area contributed by atoms with Crippen molar-refractivity contribution in [3.8, 4) is 0 Å². The summed E-state index contributed by atoms with van der Waals surface area (Å²) < 4.78 is 0. The van der Waals surface area contributed by atoms with Crippen LogP contribution >= 0.6 is 0 Å². The van der Waals surface area contributed by atoms with Crippen molar-refractivity contribution >= 4 is 5.91 Å². The highest BCUT2D eigenvalue weighted by molar-refractivity contribution is 5.81. The van der Waals surface area contributed by atoms with Crippen LogP contribution in [0.5, 0.6) is 0 Å². The lowest BCUT2D eigenvalue weighted by Gasteiger charge is -2.13. The third-order valence-electron chi connectivity index (χ3n) is 2.34. The van der Waals surface area contributed by atoms with Gasteiger partial charge >= 0.3 is 5.91 Å². The van der Waals surface area contributed by atoms with Crippen LogP contribution in [0, 0.1) is 0 Å². The third kappa shape index (κ3) is 1.38. The van der Waals surface area contributed by atoms with Crippen LogP contribution in [0.25, 0.3) is 0 Å². The topological polar surface area (TPSA) is 34.4 Å². The number of pyridine rings is 1. The normalized spacial score (nSPS) is 26.7. The first-order valence-electron chi connectivity index (χ1n) is 4.25. The summed E-state index contributed by atoms with van der Waals surface area (Å²) in [5.74, 6) is 0.133. The molecule has 13 heavy (non-hydrogen) atoms. The molecule has 1 amide bonds. The van der Waals surface area contributed by atoms with Crippen LogP contribution in [-0.4, -0.2) is 17.9 Å². The Morgan fingerprint density at radius 3 is 2.92 bits per heavy atom. The predicted molar refractivity (Wildman–Crippen MR) is 48.0 cm³/mol. The van der Waals surface area contributed by atoms with Crippen LogP contribution in [0.2, 0.25) is 0 Å². The molecule has 1 aliphatic heterocycles. The van der Waals surface area contributed by atoms with Crippen molar-refractivity contribution in [3.05, 3.63) is 42.2 Å². The minimum absolute atomic E-state index is 0.133. The smallest absolute Gasteiger partial charge is 0.264 e. The maximum absolute atomic E-state index is 11.2. The molecule has 1 N–H and O–H groups in total. The Morgan fingerprint density at radius 1 is 1.54 bits per heavy atom. The first-order chi connectivity index (χ1) is 6.29. The van der Waals surface area contributed by atoms with Gasteiger partial charge in [0.25, 0.3) is 0 Å². The number of nitrogens with one attached hydrogen (secondary N) is 1. The molecule has 3 nitrogen and oxygen atoms in total. The second kappa shape index (κ2) is 3.11. The molecule has 2 heterocycles. The van der Waals surface area contributed by atoms with E-state index in [4.69, 9.17) is 0 Å². The van der Waals surface area contributed by atoms with Crippen LogP contribution in [0.1, 0.15) is 11.6 Å². The van der Waals surface area contributed by atoms with Crippen molar-refractivity contribution < 1.29 is 9.69 Å². The number of likely N-dealkylation sites (N-methyl/N-ethyl adjacent to an activating group) is 1. The fourth-order valence-electron chi connectivity index (χ4n) is 1.53. The first kappa shape index (κ1) is 8.13. The van der Waals surface area contributed by atoms with Gasteiger partial charge in [0, 0.05) is 24.0 Å². The lowest BCUT2D eigenvalue weighted by atomic mass is 10.1. The molecular formula is C10H11N2O+. The predicted octanol–water partition coefficient (Wildman–Crippen LogP) is -0.266. The summed E-state index contributed by atoms with van der Waals surface area (Å²) in [7, 11) is 1.88. The SMILES string of the molecule is C[NH+]1C(=O)C=CC1c1cccnc1. The van der Waals surface area contributed by atoms with E-state index in [-0.39, 0.29) is 11.9 Å². The average molecular weight is 175 g/mol. The van der Waals surface area contributed by atoms with E-state index >= 15 is 0 Å². The number of hydrogen-bond donors (Lipinski definition) is 1. The summed E-state index contributed by atoms with van der Waals surface area (Å²) in [6.07, 6.45) is 7.10. The van der Waals surface area contributed by atoms with Gasteiger partial charge in [0.05, 0.1) is 7.05 Å². The van der Waals surface area contributed by atoms with E-state index in [9.17, 15) is 4.79 Å². The number of rotatable bonds is 1. The monoisotopic (exact) mass is 175 g/mol. The van der Waals surface area contributed by atoms with Gasteiger partial charge < -0.3 is 0 Å². The Balaban J connectivity index is 2.29. The third-order valence-corrected chi connectivity index (χ3v) is 2.34.